The average molecular weight is 551 g/mol. The lowest BCUT2D eigenvalue weighted by atomic mass is 9.87. The van der Waals surface area contributed by atoms with Gasteiger partial charge in [-0.3, -0.25) is 19.2 Å². The second-order valence-corrected chi connectivity index (χ2v) is 12.6. The van der Waals surface area contributed by atoms with Crippen molar-refractivity contribution in [3.8, 4) is 0 Å². The van der Waals surface area contributed by atoms with E-state index in [0.717, 1.165) is 5.01 Å². The fourth-order valence-corrected chi connectivity index (χ4v) is 6.11. The SMILES string of the molecule is COC(=O)C(CC(C)(C)C(=O)OCCOC(=O)C(C)(C)CC(Sc1nnc(C)s1)C(=O)OC)SC. The maximum Gasteiger partial charge on any atom is 0.319 e. The van der Waals surface area contributed by atoms with E-state index in [9.17, 15) is 19.2 Å². The fraction of sp³-hybridized carbons (Fsp3) is 0.727. The van der Waals surface area contributed by atoms with Gasteiger partial charge < -0.3 is 18.9 Å². The monoisotopic (exact) mass is 550 g/mol. The Hall–Kier alpha value is -1.86. The highest BCUT2D eigenvalue weighted by Gasteiger charge is 2.38. The van der Waals surface area contributed by atoms with Crippen LogP contribution >= 0.6 is 34.9 Å². The number of aromatic nitrogens is 2. The molecule has 0 radical (unpaired) electrons. The molecule has 35 heavy (non-hydrogen) atoms. The molecule has 2 unspecified atom stereocenters. The van der Waals surface area contributed by atoms with Crippen LogP contribution in [-0.4, -0.2) is 78.3 Å². The van der Waals surface area contributed by atoms with Crippen molar-refractivity contribution in [3.05, 3.63) is 5.01 Å². The van der Waals surface area contributed by atoms with Crippen molar-refractivity contribution in [3.63, 3.8) is 0 Å². The number of nitrogens with zero attached hydrogens (tertiary/aromatic N) is 2. The zero-order valence-corrected chi connectivity index (χ0v) is 23.8. The van der Waals surface area contributed by atoms with Crippen LogP contribution in [0.5, 0.6) is 0 Å². The Labute approximate surface area is 218 Å². The van der Waals surface area contributed by atoms with Crippen LogP contribution in [0.15, 0.2) is 4.34 Å². The van der Waals surface area contributed by atoms with Gasteiger partial charge in [0, 0.05) is 0 Å². The summed E-state index contributed by atoms with van der Waals surface area (Å²) in [5.74, 6) is -1.93. The normalized spacial score (nSPS) is 13.5. The minimum atomic E-state index is -1.01. The largest absolute Gasteiger partial charge is 0.468 e. The third-order valence-electron chi connectivity index (χ3n) is 5.01. The van der Waals surface area contributed by atoms with E-state index in [2.05, 4.69) is 10.2 Å². The molecular formula is C22H34N2O8S3. The topological polar surface area (TPSA) is 131 Å². The quantitative estimate of drug-likeness (QED) is 0.146. The van der Waals surface area contributed by atoms with Gasteiger partial charge in [0.05, 0.1) is 25.0 Å². The number of esters is 4. The van der Waals surface area contributed by atoms with Crippen molar-refractivity contribution < 1.29 is 38.1 Å². The molecule has 10 nitrogen and oxygen atoms in total. The molecule has 0 bridgehead atoms. The summed E-state index contributed by atoms with van der Waals surface area (Å²) in [4.78, 5) is 49.3. The van der Waals surface area contributed by atoms with Gasteiger partial charge in [-0.15, -0.1) is 10.2 Å². The first-order chi connectivity index (χ1) is 16.3. The van der Waals surface area contributed by atoms with Crippen LogP contribution in [-0.2, 0) is 38.1 Å². The lowest BCUT2D eigenvalue weighted by Gasteiger charge is -2.27. The number of methoxy groups -OCH3 is 2. The van der Waals surface area contributed by atoms with E-state index in [1.54, 1.807) is 34.0 Å². The zero-order valence-electron chi connectivity index (χ0n) is 21.4. The predicted molar refractivity (Wildman–Crippen MR) is 134 cm³/mol. The average Bonchev–Trinajstić information content (AvgIpc) is 3.22. The van der Waals surface area contributed by atoms with E-state index >= 15 is 0 Å². The van der Waals surface area contributed by atoms with Crippen LogP contribution in [0.1, 0.15) is 45.5 Å². The van der Waals surface area contributed by atoms with E-state index in [1.807, 2.05) is 6.92 Å². The van der Waals surface area contributed by atoms with Gasteiger partial charge in [0.25, 0.3) is 0 Å². The van der Waals surface area contributed by atoms with Crippen molar-refractivity contribution in [1.29, 1.82) is 0 Å². The van der Waals surface area contributed by atoms with Crippen molar-refractivity contribution in [2.24, 2.45) is 10.8 Å². The minimum Gasteiger partial charge on any atom is -0.468 e. The molecule has 2 atom stereocenters. The lowest BCUT2D eigenvalue weighted by molar-refractivity contribution is -0.163. The predicted octanol–water partition coefficient (Wildman–Crippen LogP) is 3.30. The summed E-state index contributed by atoms with van der Waals surface area (Å²) in [5.41, 5.74) is -1.94. The molecule has 0 N–H and O–H groups in total. The van der Waals surface area contributed by atoms with Crippen molar-refractivity contribution in [2.45, 2.75) is 62.3 Å². The van der Waals surface area contributed by atoms with Gasteiger partial charge in [0.15, 0.2) is 4.34 Å². The van der Waals surface area contributed by atoms with Gasteiger partial charge in [0.1, 0.15) is 28.7 Å². The highest BCUT2D eigenvalue weighted by molar-refractivity contribution is 8.02. The molecule has 0 saturated heterocycles. The first-order valence-corrected chi connectivity index (χ1v) is 13.8. The molecule has 0 saturated carbocycles. The maximum atomic E-state index is 12.7. The van der Waals surface area contributed by atoms with Crippen LogP contribution < -0.4 is 0 Å². The summed E-state index contributed by atoms with van der Waals surface area (Å²) in [6.45, 7) is 8.24. The molecule has 0 aliphatic heterocycles. The molecule has 1 heterocycles. The standard InChI is InChI=1S/C22H34N2O8S3/c1-13-23-24-20(34-13)35-15(17(26)30-7)12-22(4,5)19(28)32-10-9-31-18(27)21(2,3)11-14(33-8)16(25)29-6/h14-15H,9-12H2,1-8H3. The van der Waals surface area contributed by atoms with E-state index < -0.39 is 45.2 Å². The van der Waals surface area contributed by atoms with Gasteiger partial charge in [-0.2, -0.15) is 11.8 Å². The third-order valence-corrected chi connectivity index (χ3v) is 8.04. The highest BCUT2D eigenvalue weighted by atomic mass is 32.2. The van der Waals surface area contributed by atoms with E-state index in [4.69, 9.17) is 18.9 Å². The Morgan fingerprint density at radius 3 is 1.71 bits per heavy atom. The number of carbonyl (C=O) groups is 4. The van der Waals surface area contributed by atoms with Gasteiger partial charge >= 0.3 is 23.9 Å². The third kappa shape index (κ3) is 9.96. The van der Waals surface area contributed by atoms with E-state index in [-0.39, 0.29) is 26.1 Å². The molecule has 0 aliphatic rings. The van der Waals surface area contributed by atoms with Crippen molar-refractivity contribution in [1.82, 2.24) is 10.2 Å². The molecule has 0 aromatic carbocycles. The first kappa shape index (κ1) is 31.2. The second-order valence-electron chi connectivity index (χ2n) is 8.91. The van der Waals surface area contributed by atoms with Crippen LogP contribution in [0.3, 0.4) is 0 Å². The molecule has 198 valence electrons. The summed E-state index contributed by atoms with van der Waals surface area (Å²) >= 11 is 3.84. The number of aryl methyl sites for hydroxylation is 1. The Morgan fingerprint density at radius 1 is 0.857 bits per heavy atom. The van der Waals surface area contributed by atoms with Crippen LogP contribution in [0.25, 0.3) is 0 Å². The second kappa shape index (κ2) is 14.0. The summed E-state index contributed by atoms with van der Waals surface area (Å²) in [5, 5.41) is 7.55. The van der Waals surface area contributed by atoms with Gasteiger partial charge in [-0.05, 0) is 53.7 Å². The number of carbonyl (C=O) groups excluding carboxylic acids is 4. The van der Waals surface area contributed by atoms with Gasteiger partial charge in [-0.25, -0.2) is 0 Å². The van der Waals surface area contributed by atoms with Gasteiger partial charge in [-0.1, -0.05) is 23.1 Å². The summed E-state index contributed by atoms with van der Waals surface area (Å²) in [6, 6.07) is 0. The van der Waals surface area contributed by atoms with Crippen LogP contribution in [0, 0.1) is 17.8 Å². The van der Waals surface area contributed by atoms with Crippen molar-refractivity contribution >= 4 is 58.7 Å². The molecule has 0 spiro atoms. The number of hydrogen-bond acceptors (Lipinski definition) is 13. The minimum absolute atomic E-state index is 0.133. The summed E-state index contributed by atoms with van der Waals surface area (Å²) in [7, 11) is 2.59. The number of thioether (sulfide) groups is 2. The maximum absolute atomic E-state index is 12.7. The Bertz CT molecular complexity index is 888. The van der Waals surface area contributed by atoms with Gasteiger partial charge in [0.2, 0.25) is 0 Å². The lowest BCUT2D eigenvalue weighted by Crippen LogP contribution is -2.35. The molecule has 1 aromatic heterocycles. The number of hydrogen-bond donors (Lipinski definition) is 0. The summed E-state index contributed by atoms with van der Waals surface area (Å²) in [6.07, 6.45) is 2.16. The zero-order chi connectivity index (χ0) is 26.8. The Morgan fingerprint density at radius 2 is 1.31 bits per heavy atom. The fourth-order valence-electron chi connectivity index (χ4n) is 2.90. The smallest absolute Gasteiger partial charge is 0.319 e. The Kier molecular flexibility index (Phi) is 12.5. The van der Waals surface area contributed by atoms with E-state index in [0.29, 0.717) is 4.34 Å². The highest BCUT2D eigenvalue weighted by Crippen LogP contribution is 2.35. The molecular weight excluding hydrogens is 516 g/mol. The molecule has 1 aromatic rings. The molecule has 1 rings (SSSR count). The van der Waals surface area contributed by atoms with Crippen LogP contribution in [0.4, 0.5) is 0 Å². The molecule has 13 heteroatoms. The van der Waals surface area contributed by atoms with E-state index in [1.165, 1.54) is 49.1 Å². The van der Waals surface area contributed by atoms with Crippen molar-refractivity contribution in [2.75, 3.05) is 33.7 Å². The summed E-state index contributed by atoms with van der Waals surface area (Å²) < 4.78 is 20.8. The number of ether oxygens (including phenoxy) is 4. The van der Waals surface area contributed by atoms with Crippen LogP contribution in [0.2, 0.25) is 0 Å². The molecule has 0 aliphatic carbocycles. The Balaban J connectivity index is 2.61. The number of rotatable bonds is 14. The first-order valence-electron chi connectivity index (χ1n) is 10.8. The molecule has 0 amide bonds. The molecule has 0 fully saturated rings.